The Hall–Kier alpha value is -2.89. The standard InChI is InChI=1S/C20H24N4O2/c1-13-8-14(2)10-17(9-13)26-7-6-23(5)20(25)18-12-21-19-11-15(3)22-24(19)16(18)4/h8-12H,6-7H2,1-5H3. The smallest absolute Gasteiger partial charge is 0.257 e. The number of likely N-dealkylation sites (N-methyl/N-ethyl adjacent to an activating group) is 1. The predicted octanol–water partition coefficient (Wildman–Crippen LogP) is 3.11. The molecule has 136 valence electrons. The first kappa shape index (κ1) is 17.9. The largest absolute Gasteiger partial charge is 0.492 e. The van der Waals surface area contributed by atoms with Gasteiger partial charge in [-0.15, -0.1) is 0 Å². The number of ether oxygens (including phenoxy) is 1. The van der Waals surface area contributed by atoms with E-state index in [4.69, 9.17) is 4.74 Å². The highest BCUT2D eigenvalue weighted by Gasteiger charge is 2.17. The zero-order chi connectivity index (χ0) is 18.8. The molecule has 0 aliphatic carbocycles. The minimum atomic E-state index is -0.0888. The van der Waals surface area contributed by atoms with Crippen molar-refractivity contribution in [1.29, 1.82) is 0 Å². The zero-order valence-corrected chi connectivity index (χ0v) is 15.9. The van der Waals surface area contributed by atoms with Gasteiger partial charge in [0.1, 0.15) is 12.4 Å². The Kier molecular flexibility index (Phi) is 4.93. The monoisotopic (exact) mass is 352 g/mol. The molecule has 0 atom stereocenters. The Bertz CT molecular complexity index is 942. The molecule has 6 heteroatoms. The molecule has 0 radical (unpaired) electrons. The molecule has 3 aromatic rings. The van der Waals surface area contributed by atoms with Crippen LogP contribution < -0.4 is 4.74 Å². The lowest BCUT2D eigenvalue weighted by atomic mass is 10.1. The summed E-state index contributed by atoms with van der Waals surface area (Å²) in [6, 6.07) is 7.99. The van der Waals surface area contributed by atoms with Gasteiger partial charge in [0.25, 0.3) is 5.91 Å². The van der Waals surface area contributed by atoms with Crippen molar-refractivity contribution in [2.24, 2.45) is 0 Å². The third-order valence-corrected chi connectivity index (χ3v) is 4.31. The molecular formula is C20H24N4O2. The normalized spacial score (nSPS) is 11.0. The summed E-state index contributed by atoms with van der Waals surface area (Å²) < 4.78 is 7.51. The van der Waals surface area contributed by atoms with Crippen LogP contribution in [0, 0.1) is 27.7 Å². The van der Waals surface area contributed by atoms with Gasteiger partial charge in [-0.1, -0.05) is 6.07 Å². The van der Waals surface area contributed by atoms with Gasteiger partial charge < -0.3 is 9.64 Å². The maximum absolute atomic E-state index is 12.8. The van der Waals surface area contributed by atoms with Crippen molar-refractivity contribution in [1.82, 2.24) is 19.5 Å². The van der Waals surface area contributed by atoms with E-state index in [1.165, 1.54) is 0 Å². The van der Waals surface area contributed by atoms with Gasteiger partial charge >= 0.3 is 0 Å². The van der Waals surface area contributed by atoms with E-state index in [2.05, 4.69) is 16.1 Å². The van der Waals surface area contributed by atoms with Crippen LogP contribution in [0.25, 0.3) is 5.65 Å². The number of benzene rings is 1. The average molecular weight is 352 g/mol. The molecule has 0 saturated heterocycles. The maximum Gasteiger partial charge on any atom is 0.257 e. The first-order valence-corrected chi connectivity index (χ1v) is 8.63. The number of aromatic nitrogens is 3. The van der Waals surface area contributed by atoms with E-state index in [9.17, 15) is 4.79 Å². The molecule has 3 rings (SSSR count). The van der Waals surface area contributed by atoms with Crippen molar-refractivity contribution in [3.8, 4) is 5.75 Å². The molecule has 0 N–H and O–H groups in total. The number of rotatable bonds is 5. The quantitative estimate of drug-likeness (QED) is 0.708. The van der Waals surface area contributed by atoms with Crippen molar-refractivity contribution < 1.29 is 9.53 Å². The second-order valence-electron chi connectivity index (χ2n) is 6.71. The van der Waals surface area contributed by atoms with E-state index in [0.717, 1.165) is 33.9 Å². The Labute approximate surface area is 153 Å². The van der Waals surface area contributed by atoms with Gasteiger partial charge in [-0.3, -0.25) is 4.79 Å². The first-order chi connectivity index (χ1) is 12.3. The summed E-state index contributed by atoms with van der Waals surface area (Å²) in [7, 11) is 1.77. The fourth-order valence-electron chi connectivity index (χ4n) is 3.00. The number of aryl methyl sites for hydroxylation is 4. The molecule has 0 aliphatic heterocycles. The number of fused-ring (bicyclic) bond motifs is 1. The molecule has 2 aromatic heterocycles. The molecular weight excluding hydrogens is 328 g/mol. The summed E-state index contributed by atoms with van der Waals surface area (Å²) in [6.07, 6.45) is 1.62. The third-order valence-electron chi connectivity index (χ3n) is 4.31. The molecule has 1 aromatic carbocycles. The third kappa shape index (κ3) is 3.69. The van der Waals surface area contributed by atoms with E-state index in [1.54, 1.807) is 22.7 Å². The molecule has 0 unspecified atom stereocenters. The molecule has 6 nitrogen and oxygen atoms in total. The zero-order valence-electron chi connectivity index (χ0n) is 15.9. The number of hydrogen-bond donors (Lipinski definition) is 0. The van der Waals surface area contributed by atoms with Gasteiger partial charge in [0, 0.05) is 19.3 Å². The molecule has 1 amide bonds. The highest BCUT2D eigenvalue weighted by atomic mass is 16.5. The van der Waals surface area contributed by atoms with Crippen molar-refractivity contribution >= 4 is 11.6 Å². The number of hydrogen-bond acceptors (Lipinski definition) is 4. The lowest BCUT2D eigenvalue weighted by molar-refractivity contribution is 0.0772. The fourth-order valence-corrected chi connectivity index (χ4v) is 3.00. The highest BCUT2D eigenvalue weighted by molar-refractivity contribution is 5.95. The lowest BCUT2D eigenvalue weighted by Crippen LogP contribution is -2.32. The lowest BCUT2D eigenvalue weighted by Gasteiger charge is -2.19. The van der Waals surface area contributed by atoms with Crippen LogP contribution in [-0.4, -0.2) is 45.6 Å². The van der Waals surface area contributed by atoms with Gasteiger partial charge in [-0.05, 0) is 51.0 Å². The fraction of sp³-hybridized carbons (Fsp3) is 0.350. The van der Waals surface area contributed by atoms with Crippen LogP contribution >= 0.6 is 0 Å². The highest BCUT2D eigenvalue weighted by Crippen LogP contribution is 2.16. The molecule has 2 heterocycles. The Balaban J connectivity index is 1.67. The van der Waals surface area contributed by atoms with Crippen molar-refractivity contribution in [2.75, 3.05) is 20.2 Å². The van der Waals surface area contributed by atoms with Gasteiger partial charge in [0.05, 0.1) is 23.5 Å². The number of carbonyl (C=O) groups is 1. The summed E-state index contributed by atoms with van der Waals surface area (Å²) in [4.78, 5) is 18.7. The summed E-state index contributed by atoms with van der Waals surface area (Å²) in [6.45, 7) is 8.79. The average Bonchev–Trinajstić information content (AvgIpc) is 2.95. The molecule has 0 spiro atoms. The Morgan fingerprint density at radius 3 is 2.50 bits per heavy atom. The van der Waals surface area contributed by atoms with Crippen LogP contribution in [0.5, 0.6) is 5.75 Å². The van der Waals surface area contributed by atoms with E-state index in [-0.39, 0.29) is 5.91 Å². The van der Waals surface area contributed by atoms with Crippen LogP contribution in [0.2, 0.25) is 0 Å². The van der Waals surface area contributed by atoms with Gasteiger partial charge in [-0.25, -0.2) is 9.50 Å². The molecule has 0 bridgehead atoms. The topological polar surface area (TPSA) is 59.7 Å². The Morgan fingerprint density at radius 1 is 1.12 bits per heavy atom. The molecule has 0 saturated carbocycles. The van der Waals surface area contributed by atoms with Crippen molar-refractivity contribution in [3.63, 3.8) is 0 Å². The van der Waals surface area contributed by atoms with Crippen molar-refractivity contribution in [3.05, 3.63) is 58.5 Å². The number of amides is 1. The summed E-state index contributed by atoms with van der Waals surface area (Å²) in [5.74, 6) is 0.740. The van der Waals surface area contributed by atoms with Crippen LogP contribution in [-0.2, 0) is 0 Å². The number of carbonyl (C=O) groups excluding carboxylic acids is 1. The first-order valence-electron chi connectivity index (χ1n) is 8.63. The second-order valence-corrected chi connectivity index (χ2v) is 6.71. The van der Waals surface area contributed by atoms with Crippen molar-refractivity contribution in [2.45, 2.75) is 27.7 Å². The van der Waals surface area contributed by atoms with Crippen LogP contribution in [0.1, 0.15) is 32.9 Å². The van der Waals surface area contributed by atoms with E-state index in [0.29, 0.717) is 18.7 Å². The van der Waals surface area contributed by atoms with Crippen LogP contribution in [0.4, 0.5) is 0 Å². The molecule has 0 fully saturated rings. The predicted molar refractivity (Wildman–Crippen MR) is 101 cm³/mol. The Morgan fingerprint density at radius 2 is 1.81 bits per heavy atom. The van der Waals surface area contributed by atoms with E-state index < -0.39 is 0 Å². The summed E-state index contributed by atoms with van der Waals surface area (Å²) in [5, 5.41) is 4.39. The maximum atomic E-state index is 12.8. The number of nitrogens with zero attached hydrogens (tertiary/aromatic N) is 4. The summed E-state index contributed by atoms with van der Waals surface area (Å²) in [5.41, 5.74) is 5.28. The second kappa shape index (κ2) is 7.15. The molecule has 26 heavy (non-hydrogen) atoms. The van der Waals surface area contributed by atoms with E-state index in [1.807, 2.05) is 45.9 Å². The minimum Gasteiger partial charge on any atom is -0.492 e. The van der Waals surface area contributed by atoms with E-state index >= 15 is 0 Å². The SMILES string of the molecule is Cc1cc(C)cc(OCCN(C)C(=O)c2cnc3cc(C)nn3c2C)c1. The van der Waals surface area contributed by atoms with Gasteiger partial charge in [0.15, 0.2) is 5.65 Å². The van der Waals surface area contributed by atoms with Gasteiger partial charge in [-0.2, -0.15) is 5.10 Å². The van der Waals surface area contributed by atoms with Gasteiger partial charge in [0.2, 0.25) is 0 Å². The van der Waals surface area contributed by atoms with Crippen LogP contribution in [0.15, 0.2) is 30.5 Å². The molecule has 0 aliphatic rings. The van der Waals surface area contributed by atoms with Crippen LogP contribution in [0.3, 0.4) is 0 Å². The summed E-state index contributed by atoms with van der Waals surface area (Å²) >= 11 is 0. The minimum absolute atomic E-state index is 0.0888.